The highest BCUT2D eigenvalue weighted by Gasteiger charge is 2.43. The van der Waals surface area contributed by atoms with Gasteiger partial charge in [-0.25, -0.2) is 9.78 Å². The molecule has 5 rings (SSSR count). The van der Waals surface area contributed by atoms with Gasteiger partial charge >= 0.3 is 12.2 Å². The zero-order valence-corrected chi connectivity index (χ0v) is 19.7. The molecule has 0 aliphatic carbocycles. The maximum Gasteiger partial charge on any atom is 0.408 e. The molecule has 194 valence electrons. The number of carbonyl (C=O) groups excluding carboxylic acids is 2. The summed E-state index contributed by atoms with van der Waals surface area (Å²) in [6.07, 6.45) is 0.997. The second-order valence-electron chi connectivity index (χ2n) is 9.17. The van der Waals surface area contributed by atoms with Gasteiger partial charge < -0.3 is 25.2 Å². The number of halogens is 3. The Morgan fingerprint density at radius 3 is 2.75 bits per heavy atom. The first-order valence-electron chi connectivity index (χ1n) is 11.9. The minimum absolute atomic E-state index is 0.150. The predicted molar refractivity (Wildman–Crippen MR) is 125 cm³/mol. The van der Waals surface area contributed by atoms with Crippen LogP contribution in [0.1, 0.15) is 13.3 Å². The smallest absolute Gasteiger partial charge is 0.378 e. The van der Waals surface area contributed by atoms with Crippen LogP contribution in [-0.2, 0) is 9.53 Å². The zero-order valence-electron chi connectivity index (χ0n) is 19.7. The summed E-state index contributed by atoms with van der Waals surface area (Å²) in [4.78, 5) is 36.1. The molecule has 0 saturated carbocycles. The Morgan fingerprint density at radius 1 is 1.22 bits per heavy atom. The van der Waals surface area contributed by atoms with E-state index in [9.17, 15) is 22.8 Å². The number of carbonyl (C=O) groups is 2. The summed E-state index contributed by atoms with van der Waals surface area (Å²) >= 11 is 0. The number of hydrogen-bond donors (Lipinski definition) is 3. The molecule has 1 unspecified atom stereocenters. The van der Waals surface area contributed by atoms with Gasteiger partial charge in [0.2, 0.25) is 5.91 Å². The summed E-state index contributed by atoms with van der Waals surface area (Å²) in [5, 5.41) is 7.83. The Morgan fingerprint density at radius 2 is 2.00 bits per heavy atom. The highest BCUT2D eigenvalue weighted by molar-refractivity contribution is 5.91. The van der Waals surface area contributed by atoms with Gasteiger partial charge in [0.15, 0.2) is 0 Å². The summed E-state index contributed by atoms with van der Waals surface area (Å²) < 4.78 is 44.2. The average molecular weight is 508 g/mol. The molecule has 2 fully saturated rings. The quantitative estimate of drug-likeness (QED) is 0.569. The van der Waals surface area contributed by atoms with E-state index in [-0.39, 0.29) is 6.04 Å². The molecule has 3 amide bonds. The molecule has 2 saturated heterocycles. The predicted octanol–water partition coefficient (Wildman–Crippen LogP) is 1.60. The third-order valence-electron chi connectivity index (χ3n) is 6.80. The van der Waals surface area contributed by atoms with Gasteiger partial charge in [-0.05, 0) is 25.5 Å². The minimum Gasteiger partial charge on any atom is -0.378 e. The maximum absolute atomic E-state index is 13.5. The minimum atomic E-state index is -4.55. The Bertz CT molecular complexity index is 1090. The number of nitrogens with one attached hydrogen (secondary N) is 3. The van der Waals surface area contributed by atoms with Crippen molar-refractivity contribution in [2.24, 2.45) is 0 Å². The summed E-state index contributed by atoms with van der Waals surface area (Å²) in [6.45, 7) is 4.98. The summed E-state index contributed by atoms with van der Waals surface area (Å²) in [7, 11) is 0. The van der Waals surface area contributed by atoms with Crippen molar-refractivity contribution in [3.8, 4) is 0 Å². The van der Waals surface area contributed by atoms with E-state index in [1.165, 1.54) is 6.08 Å². The Hall–Kier alpha value is -3.48. The number of anilines is 2. The molecule has 3 N–H and O–H groups in total. The van der Waals surface area contributed by atoms with E-state index in [0.29, 0.717) is 31.4 Å². The lowest BCUT2D eigenvalue weighted by Gasteiger charge is -2.41. The van der Waals surface area contributed by atoms with Gasteiger partial charge in [0.1, 0.15) is 23.7 Å². The van der Waals surface area contributed by atoms with Gasteiger partial charge in [-0.3, -0.25) is 15.0 Å². The number of hydrogen-bond acceptors (Lipinski definition) is 7. The fourth-order valence-corrected chi connectivity index (χ4v) is 4.82. The molecule has 0 aromatic carbocycles. The van der Waals surface area contributed by atoms with Crippen molar-refractivity contribution in [1.82, 2.24) is 25.4 Å². The topological polar surface area (TPSA) is 102 Å². The molecule has 2 bridgehead atoms. The standard InChI is InChI=1S/C23H28F3N7O3/c1-14(23(24,25)26)28-21(34)17-2-3-18-20(29-17)33(16-5-7-32(18)13-16)22(35)30-19-12-15(4-6-27-19)31-8-10-36-11-9-31/h2-4,6,12,14,16-17,29H,5,7-11,13H2,1H3,(H,28,34)(H,27,30,35)/t14-,16+,17?/m1/s1. The van der Waals surface area contributed by atoms with Gasteiger partial charge in [0.05, 0.1) is 25.0 Å². The van der Waals surface area contributed by atoms with Crippen LogP contribution < -0.4 is 20.9 Å². The van der Waals surface area contributed by atoms with Gasteiger partial charge in [-0.15, -0.1) is 0 Å². The molecular weight excluding hydrogens is 479 g/mol. The van der Waals surface area contributed by atoms with Gasteiger partial charge in [-0.1, -0.05) is 6.08 Å². The normalized spacial score (nSPS) is 24.3. The molecule has 0 spiro atoms. The van der Waals surface area contributed by atoms with E-state index in [1.54, 1.807) is 23.2 Å². The van der Waals surface area contributed by atoms with Crippen molar-refractivity contribution in [3.05, 3.63) is 42.0 Å². The average Bonchev–Trinajstić information content (AvgIpc) is 3.28. The van der Waals surface area contributed by atoms with E-state index in [2.05, 4.69) is 25.4 Å². The Balaban J connectivity index is 1.32. The number of fused-ring (bicyclic) bond motifs is 3. The van der Waals surface area contributed by atoms with E-state index in [0.717, 1.165) is 44.4 Å². The van der Waals surface area contributed by atoms with Crippen LogP contribution in [0.5, 0.6) is 0 Å². The second-order valence-corrected chi connectivity index (χ2v) is 9.17. The number of rotatable bonds is 4. The van der Waals surface area contributed by atoms with Crippen molar-refractivity contribution in [1.29, 1.82) is 0 Å². The van der Waals surface area contributed by atoms with Gasteiger partial charge in [0.25, 0.3) is 0 Å². The number of allylic oxidation sites excluding steroid dienone is 1. The SMILES string of the molecule is C[C@@H](NC(=O)C1C=CC2=C(N1)N(C(=O)Nc1cc(N3CCOCC3)ccn1)[C@H]1CCN2C1)C(F)(F)F. The van der Waals surface area contributed by atoms with Crippen LogP contribution in [0.3, 0.4) is 0 Å². The van der Waals surface area contributed by atoms with Crippen molar-refractivity contribution in [2.45, 2.75) is 37.6 Å². The second kappa shape index (κ2) is 9.52. The number of nitrogens with zero attached hydrogens (tertiary/aromatic N) is 4. The molecule has 36 heavy (non-hydrogen) atoms. The first-order chi connectivity index (χ1) is 17.2. The van der Waals surface area contributed by atoms with Crippen LogP contribution in [0, 0.1) is 0 Å². The third kappa shape index (κ3) is 4.79. The van der Waals surface area contributed by atoms with Crippen LogP contribution in [-0.4, -0.2) is 90.4 Å². The van der Waals surface area contributed by atoms with Crippen LogP contribution in [0.15, 0.2) is 42.0 Å². The largest absolute Gasteiger partial charge is 0.408 e. The molecule has 3 atom stereocenters. The lowest BCUT2D eigenvalue weighted by atomic mass is 10.1. The molecule has 1 aromatic rings. The summed E-state index contributed by atoms with van der Waals surface area (Å²) in [5.41, 5.74) is 1.64. The fourth-order valence-electron chi connectivity index (χ4n) is 4.82. The Labute approximate surface area is 206 Å². The molecular formula is C23H28F3N7O3. The number of aromatic nitrogens is 1. The Kier molecular flexibility index (Phi) is 6.41. The summed E-state index contributed by atoms with van der Waals surface area (Å²) in [6, 6.07) is 0.0493. The number of morpholine rings is 1. The molecule has 10 nitrogen and oxygen atoms in total. The first kappa shape index (κ1) is 24.2. The number of alkyl halides is 3. The van der Waals surface area contributed by atoms with Crippen molar-refractivity contribution in [3.63, 3.8) is 0 Å². The van der Waals surface area contributed by atoms with Crippen molar-refractivity contribution >= 4 is 23.4 Å². The van der Waals surface area contributed by atoms with E-state index >= 15 is 0 Å². The highest BCUT2D eigenvalue weighted by Crippen LogP contribution is 2.34. The van der Waals surface area contributed by atoms with Crippen molar-refractivity contribution < 1.29 is 27.5 Å². The molecule has 1 aromatic heterocycles. The van der Waals surface area contributed by atoms with Gasteiger partial charge in [0, 0.05) is 44.1 Å². The number of amides is 3. The van der Waals surface area contributed by atoms with Gasteiger partial charge in [-0.2, -0.15) is 13.2 Å². The number of pyridine rings is 1. The molecule has 4 aliphatic heterocycles. The number of dihydropyridines is 1. The van der Waals surface area contributed by atoms with Crippen LogP contribution in [0.2, 0.25) is 0 Å². The highest BCUT2D eigenvalue weighted by atomic mass is 19.4. The maximum atomic E-state index is 13.5. The fraction of sp³-hybridized carbons (Fsp3) is 0.522. The number of urea groups is 1. The van der Waals surface area contributed by atoms with E-state index in [4.69, 9.17) is 4.74 Å². The lowest BCUT2D eigenvalue weighted by Crippen LogP contribution is -2.57. The van der Waals surface area contributed by atoms with Crippen LogP contribution in [0.25, 0.3) is 0 Å². The molecule has 5 heterocycles. The van der Waals surface area contributed by atoms with Crippen molar-refractivity contribution in [2.75, 3.05) is 49.6 Å². The number of ether oxygens (including phenoxy) is 1. The first-order valence-corrected chi connectivity index (χ1v) is 11.9. The zero-order chi connectivity index (χ0) is 25.4. The molecule has 13 heteroatoms. The van der Waals surface area contributed by atoms with Crippen LogP contribution >= 0.6 is 0 Å². The molecule has 4 aliphatic rings. The van der Waals surface area contributed by atoms with Crippen LogP contribution in [0.4, 0.5) is 29.5 Å². The van der Waals surface area contributed by atoms with E-state index in [1.807, 2.05) is 11.4 Å². The van der Waals surface area contributed by atoms with E-state index < -0.39 is 30.2 Å². The third-order valence-corrected chi connectivity index (χ3v) is 6.80. The molecule has 0 radical (unpaired) electrons. The lowest BCUT2D eigenvalue weighted by molar-refractivity contribution is -0.158. The monoisotopic (exact) mass is 507 g/mol. The summed E-state index contributed by atoms with van der Waals surface area (Å²) in [5.74, 6) is -0.0464.